The van der Waals surface area contributed by atoms with Crippen molar-refractivity contribution < 1.29 is 12.9 Å². The Labute approximate surface area is 162 Å². The van der Waals surface area contributed by atoms with E-state index in [9.17, 15) is 8.42 Å². The van der Waals surface area contributed by atoms with Crippen LogP contribution in [-0.4, -0.2) is 49.0 Å². The van der Waals surface area contributed by atoms with Gasteiger partial charge in [0.15, 0.2) is 5.76 Å². The summed E-state index contributed by atoms with van der Waals surface area (Å²) in [7, 11) is -3.52. The Bertz CT molecular complexity index is 1040. The molecule has 27 heavy (non-hydrogen) atoms. The third-order valence-corrected chi connectivity index (χ3v) is 8.22. The van der Waals surface area contributed by atoms with Crippen molar-refractivity contribution >= 4 is 27.2 Å². The second-order valence-electron chi connectivity index (χ2n) is 6.42. The Morgan fingerprint density at radius 1 is 1.07 bits per heavy atom. The lowest BCUT2D eigenvalue weighted by Crippen LogP contribution is -2.48. The summed E-state index contributed by atoms with van der Waals surface area (Å²) in [5.74, 6) is 1.52. The zero-order valence-corrected chi connectivity index (χ0v) is 16.8. The normalized spacial score (nSPS) is 16.0. The highest BCUT2D eigenvalue weighted by atomic mass is 32.2. The number of piperazine rings is 1. The number of aryl methyl sites for hydroxylation is 1. The average molecular weight is 405 g/mol. The number of pyridine rings is 1. The monoisotopic (exact) mass is 404 g/mol. The highest BCUT2D eigenvalue weighted by molar-refractivity contribution is 7.91. The van der Waals surface area contributed by atoms with E-state index in [0.29, 0.717) is 36.1 Å². The van der Waals surface area contributed by atoms with Crippen LogP contribution in [0.25, 0.3) is 10.6 Å². The molecule has 3 aromatic heterocycles. The first-order chi connectivity index (χ1) is 13.0. The molecule has 9 heteroatoms. The number of hydrogen-bond donors (Lipinski definition) is 0. The van der Waals surface area contributed by atoms with Crippen LogP contribution < -0.4 is 4.90 Å². The molecule has 0 unspecified atom stereocenters. The maximum absolute atomic E-state index is 13.0. The van der Waals surface area contributed by atoms with Crippen LogP contribution >= 0.6 is 11.3 Å². The third-order valence-electron chi connectivity index (χ3n) is 4.77. The summed E-state index contributed by atoms with van der Waals surface area (Å²) in [5.41, 5.74) is 1.75. The maximum atomic E-state index is 13.0. The largest absolute Gasteiger partial charge is 0.355 e. The topological polar surface area (TPSA) is 79.5 Å². The summed E-state index contributed by atoms with van der Waals surface area (Å²) in [5, 5.41) is 3.95. The van der Waals surface area contributed by atoms with Crippen LogP contribution in [0.3, 0.4) is 0 Å². The van der Waals surface area contributed by atoms with Gasteiger partial charge >= 0.3 is 0 Å². The molecule has 0 saturated carbocycles. The molecule has 7 nitrogen and oxygen atoms in total. The van der Waals surface area contributed by atoms with Gasteiger partial charge in [0.2, 0.25) is 0 Å². The van der Waals surface area contributed by atoms with Crippen LogP contribution in [0.4, 0.5) is 5.82 Å². The molecular formula is C18H20N4O3S2. The van der Waals surface area contributed by atoms with Gasteiger partial charge in [-0.05, 0) is 38.1 Å². The molecule has 4 heterocycles. The van der Waals surface area contributed by atoms with Crippen LogP contribution in [0.15, 0.2) is 45.3 Å². The lowest BCUT2D eigenvalue weighted by molar-refractivity contribution is 0.385. The van der Waals surface area contributed by atoms with E-state index in [0.717, 1.165) is 22.0 Å². The van der Waals surface area contributed by atoms with Gasteiger partial charge in [0.1, 0.15) is 10.0 Å². The number of aromatic nitrogens is 2. The molecule has 4 rings (SSSR count). The quantitative estimate of drug-likeness (QED) is 0.665. The number of rotatable bonds is 4. The summed E-state index contributed by atoms with van der Waals surface area (Å²) in [6.45, 7) is 5.91. The van der Waals surface area contributed by atoms with E-state index in [1.54, 1.807) is 22.6 Å². The van der Waals surface area contributed by atoms with Crippen molar-refractivity contribution in [2.75, 3.05) is 31.1 Å². The van der Waals surface area contributed by atoms with Crippen molar-refractivity contribution in [2.45, 2.75) is 18.1 Å². The van der Waals surface area contributed by atoms with Gasteiger partial charge in [-0.25, -0.2) is 13.4 Å². The zero-order chi connectivity index (χ0) is 19.0. The highest BCUT2D eigenvalue weighted by Crippen LogP contribution is 2.35. The minimum atomic E-state index is -3.52. The van der Waals surface area contributed by atoms with Crippen LogP contribution in [0.2, 0.25) is 0 Å². The molecule has 0 N–H and O–H groups in total. The fraction of sp³-hybridized carbons (Fsp3) is 0.333. The van der Waals surface area contributed by atoms with Gasteiger partial charge < -0.3 is 9.42 Å². The fourth-order valence-corrected chi connectivity index (χ4v) is 5.97. The van der Waals surface area contributed by atoms with Gasteiger partial charge in [-0.1, -0.05) is 11.2 Å². The molecule has 0 spiro atoms. The molecule has 3 aromatic rings. The highest BCUT2D eigenvalue weighted by Gasteiger charge is 2.30. The van der Waals surface area contributed by atoms with Gasteiger partial charge in [-0.2, -0.15) is 4.31 Å². The Hall–Kier alpha value is -2.23. The standard InChI is InChI=1S/C18H20N4O3S2/c1-13-14(2)20-25-18(13)15-6-7-17(26-15)27(23,24)22-11-9-21(10-12-22)16-5-3-4-8-19-16/h3-8H,9-12H2,1-2H3. The van der Waals surface area contributed by atoms with Crippen molar-refractivity contribution in [1.29, 1.82) is 0 Å². The first-order valence-electron chi connectivity index (χ1n) is 8.66. The molecule has 1 aliphatic heterocycles. The Balaban J connectivity index is 1.51. The van der Waals surface area contributed by atoms with E-state index in [2.05, 4.69) is 15.0 Å². The first kappa shape index (κ1) is 18.1. The molecule has 0 bridgehead atoms. The van der Waals surface area contributed by atoms with Gasteiger partial charge in [0, 0.05) is 37.9 Å². The van der Waals surface area contributed by atoms with Gasteiger partial charge in [0.05, 0.1) is 10.6 Å². The second-order valence-corrected chi connectivity index (χ2v) is 9.67. The minimum Gasteiger partial charge on any atom is -0.355 e. The first-order valence-corrected chi connectivity index (χ1v) is 10.9. The van der Waals surface area contributed by atoms with Crippen molar-refractivity contribution in [1.82, 2.24) is 14.4 Å². The van der Waals surface area contributed by atoms with E-state index in [1.807, 2.05) is 32.0 Å². The van der Waals surface area contributed by atoms with Gasteiger partial charge in [-0.3, -0.25) is 0 Å². The minimum absolute atomic E-state index is 0.331. The predicted molar refractivity (Wildman–Crippen MR) is 104 cm³/mol. The summed E-state index contributed by atoms with van der Waals surface area (Å²) in [6.07, 6.45) is 1.75. The summed E-state index contributed by atoms with van der Waals surface area (Å²) < 4.78 is 33.3. The van der Waals surface area contributed by atoms with Crippen molar-refractivity contribution in [2.24, 2.45) is 0 Å². The Morgan fingerprint density at radius 3 is 2.48 bits per heavy atom. The lowest BCUT2D eigenvalue weighted by atomic mass is 10.2. The number of sulfonamides is 1. The van der Waals surface area contributed by atoms with Crippen molar-refractivity contribution in [3.63, 3.8) is 0 Å². The van der Waals surface area contributed by atoms with Crippen LogP contribution in [-0.2, 0) is 10.0 Å². The van der Waals surface area contributed by atoms with Gasteiger partial charge in [0.25, 0.3) is 10.0 Å². The average Bonchev–Trinajstić information content (AvgIpc) is 3.31. The number of thiophene rings is 1. The van der Waals surface area contributed by atoms with E-state index >= 15 is 0 Å². The maximum Gasteiger partial charge on any atom is 0.252 e. The van der Waals surface area contributed by atoms with E-state index < -0.39 is 10.0 Å². The third kappa shape index (κ3) is 3.38. The fourth-order valence-electron chi connectivity index (χ4n) is 3.05. The molecule has 1 saturated heterocycles. The molecular weight excluding hydrogens is 384 g/mol. The van der Waals surface area contributed by atoms with Crippen LogP contribution in [0.1, 0.15) is 11.3 Å². The lowest BCUT2D eigenvalue weighted by Gasteiger charge is -2.34. The van der Waals surface area contributed by atoms with Gasteiger partial charge in [-0.15, -0.1) is 11.3 Å². The van der Waals surface area contributed by atoms with E-state index in [4.69, 9.17) is 4.52 Å². The summed E-state index contributed by atoms with van der Waals surface area (Å²) >= 11 is 1.22. The van der Waals surface area contributed by atoms with Crippen LogP contribution in [0, 0.1) is 13.8 Å². The van der Waals surface area contributed by atoms with Crippen LogP contribution in [0.5, 0.6) is 0 Å². The second kappa shape index (κ2) is 7.06. The number of anilines is 1. The molecule has 0 aliphatic carbocycles. The molecule has 142 valence electrons. The molecule has 0 aromatic carbocycles. The Morgan fingerprint density at radius 2 is 1.85 bits per heavy atom. The summed E-state index contributed by atoms with van der Waals surface area (Å²) in [4.78, 5) is 7.22. The molecule has 0 radical (unpaired) electrons. The molecule has 1 aliphatic rings. The number of hydrogen-bond acceptors (Lipinski definition) is 7. The van der Waals surface area contributed by atoms with E-state index in [1.165, 1.54) is 11.3 Å². The Kier molecular flexibility index (Phi) is 4.75. The molecule has 0 atom stereocenters. The van der Waals surface area contributed by atoms with Crippen molar-refractivity contribution in [3.8, 4) is 10.6 Å². The summed E-state index contributed by atoms with van der Waals surface area (Å²) in [6, 6.07) is 9.19. The predicted octanol–water partition coefficient (Wildman–Crippen LogP) is 2.93. The van der Waals surface area contributed by atoms with E-state index in [-0.39, 0.29) is 0 Å². The molecule has 1 fully saturated rings. The zero-order valence-electron chi connectivity index (χ0n) is 15.1. The molecule has 0 amide bonds. The number of nitrogens with zero attached hydrogens (tertiary/aromatic N) is 4. The smallest absolute Gasteiger partial charge is 0.252 e. The SMILES string of the molecule is Cc1noc(-c2ccc(S(=O)(=O)N3CCN(c4ccccn4)CC3)s2)c1C. The van der Waals surface area contributed by atoms with Crippen molar-refractivity contribution in [3.05, 3.63) is 47.8 Å².